The van der Waals surface area contributed by atoms with Crippen molar-refractivity contribution in [1.82, 2.24) is 15.1 Å². The van der Waals surface area contributed by atoms with Crippen LogP contribution in [0.2, 0.25) is 0 Å². The Labute approximate surface area is 148 Å². The fourth-order valence-corrected chi connectivity index (χ4v) is 3.33. The standard InChI is InChI=1S/C19H37N3O2/c1-14(2)12-16(13-21(6)7)20-17(23)15-8-10-22(11-9-15)18(24)19(3,4)5/h14-16H,8-13H2,1-7H3,(H,20,23). The Hall–Kier alpha value is -1.10. The molecule has 1 rings (SSSR count). The molecule has 1 heterocycles. The predicted octanol–water partition coefficient (Wildman–Crippen LogP) is 2.36. The van der Waals surface area contributed by atoms with Gasteiger partial charge in [0, 0.05) is 37.0 Å². The zero-order chi connectivity index (χ0) is 18.5. The highest BCUT2D eigenvalue weighted by Gasteiger charge is 2.32. The zero-order valence-corrected chi connectivity index (χ0v) is 16.7. The lowest BCUT2D eigenvalue weighted by atomic mass is 9.90. The van der Waals surface area contributed by atoms with Crippen LogP contribution >= 0.6 is 0 Å². The second-order valence-electron chi connectivity index (χ2n) is 8.91. The minimum absolute atomic E-state index is 0.0332. The van der Waals surface area contributed by atoms with Crippen molar-refractivity contribution in [2.24, 2.45) is 17.3 Å². The van der Waals surface area contributed by atoms with Crippen LogP contribution in [0.5, 0.6) is 0 Å². The lowest BCUT2D eigenvalue weighted by molar-refractivity contribution is -0.142. The van der Waals surface area contributed by atoms with Gasteiger partial charge in [-0.25, -0.2) is 0 Å². The molecule has 1 atom stereocenters. The quantitative estimate of drug-likeness (QED) is 0.808. The van der Waals surface area contributed by atoms with Gasteiger partial charge in [0.05, 0.1) is 0 Å². The lowest BCUT2D eigenvalue weighted by Gasteiger charge is -2.36. The van der Waals surface area contributed by atoms with Gasteiger partial charge < -0.3 is 15.1 Å². The second kappa shape index (κ2) is 8.84. The Kier molecular flexibility index (Phi) is 7.71. The van der Waals surface area contributed by atoms with Gasteiger partial charge in [-0.1, -0.05) is 34.6 Å². The Morgan fingerprint density at radius 3 is 2.12 bits per heavy atom. The summed E-state index contributed by atoms with van der Waals surface area (Å²) in [6.45, 7) is 12.5. The molecule has 1 aliphatic rings. The minimum Gasteiger partial charge on any atom is -0.352 e. The molecule has 0 aliphatic carbocycles. The molecular weight excluding hydrogens is 302 g/mol. The van der Waals surface area contributed by atoms with Gasteiger partial charge in [-0.15, -0.1) is 0 Å². The number of likely N-dealkylation sites (tertiary alicyclic amines) is 1. The van der Waals surface area contributed by atoms with Crippen LogP contribution < -0.4 is 5.32 Å². The number of nitrogens with one attached hydrogen (secondary N) is 1. The van der Waals surface area contributed by atoms with E-state index in [2.05, 4.69) is 24.1 Å². The van der Waals surface area contributed by atoms with E-state index in [4.69, 9.17) is 0 Å². The molecule has 0 aromatic rings. The van der Waals surface area contributed by atoms with Crippen LogP contribution in [-0.2, 0) is 9.59 Å². The molecule has 140 valence electrons. The first kappa shape index (κ1) is 20.9. The molecule has 1 saturated heterocycles. The number of piperidine rings is 1. The molecule has 0 radical (unpaired) electrons. The van der Waals surface area contributed by atoms with Gasteiger partial charge in [0.2, 0.25) is 11.8 Å². The maximum absolute atomic E-state index is 12.6. The first-order valence-corrected chi connectivity index (χ1v) is 9.25. The summed E-state index contributed by atoms with van der Waals surface area (Å²) in [6.07, 6.45) is 2.53. The molecule has 1 aliphatic heterocycles. The average Bonchev–Trinajstić information content (AvgIpc) is 2.44. The molecule has 24 heavy (non-hydrogen) atoms. The smallest absolute Gasteiger partial charge is 0.227 e. The van der Waals surface area contributed by atoms with E-state index >= 15 is 0 Å². The van der Waals surface area contributed by atoms with Crippen molar-refractivity contribution < 1.29 is 9.59 Å². The normalized spacial score (nSPS) is 18.1. The summed E-state index contributed by atoms with van der Waals surface area (Å²) >= 11 is 0. The highest BCUT2D eigenvalue weighted by atomic mass is 16.2. The number of carbonyl (C=O) groups excluding carboxylic acids is 2. The molecule has 0 aromatic carbocycles. The molecular formula is C19H37N3O2. The number of likely N-dealkylation sites (N-methyl/N-ethyl adjacent to an activating group) is 1. The third kappa shape index (κ3) is 6.80. The van der Waals surface area contributed by atoms with E-state index in [1.54, 1.807) is 0 Å². The third-order valence-corrected chi connectivity index (χ3v) is 4.48. The van der Waals surface area contributed by atoms with Crippen LogP contribution in [0.1, 0.15) is 53.9 Å². The average molecular weight is 340 g/mol. The van der Waals surface area contributed by atoms with Crippen molar-refractivity contribution in [2.75, 3.05) is 33.7 Å². The van der Waals surface area contributed by atoms with Gasteiger partial charge >= 0.3 is 0 Å². The Morgan fingerprint density at radius 2 is 1.71 bits per heavy atom. The zero-order valence-electron chi connectivity index (χ0n) is 16.7. The van der Waals surface area contributed by atoms with Crippen LogP contribution in [0.4, 0.5) is 0 Å². The van der Waals surface area contributed by atoms with Gasteiger partial charge in [0.15, 0.2) is 0 Å². The van der Waals surface area contributed by atoms with Crippen LogP contribution in [0.25, 0.3) is 0 Å². The van der Waals surface area contributed by atoms with Gasteiger partial charge in [-0.05, 0) is 39.3 Å². The lowest BCUT2D eigenvalue weighted by Crippen LogP contribution is -2.49. The Balaban J connectivity index is 2.53. The van der Waals surface area contributed by atoms with E-state index in [0.717, 1.165) is 25.8 Å². The molecule has 0 spiro atoms. The van der Waals surface area contributed by atoms with Gasteiger partial charge in [-0.2, -0.15) is 0 Å². The summed E-state index contributed by atoms with van der Waals surface area (Å²) in [6, 6.07) is 0.196. The molecule has 5 nitrogen and oxygen atoms in total. The summed E-state index contributed by atoms with van der Waals surface area (Å²) in [5.74, 6) is 0.935. The van der Waals surface area contributed by atoms with Crippen LogP contribution in [0, 0.1) is 17.3 Å². The molecule has 1 unspecified atom stereocenters. The van der Waals surface area contributed by atoms with Crippen LogP contribution in [-0.4, -0.2) is 61.4 Å². The van der Waals surface area contributed by atoms with Crippen molar-refractivity contribution in [1.29, 1.82) is 0 Å². The monoisotopic (exact) mass is 339 g/mol. The number of hydrogen-bond acceptors (Lipinski definition) is 3. The Bertz CT molecular complexity index is 409. The maximum Gasteiger partial charge on any atom is 0.227 e. The molecule has 1 fully saturated rings. The van der Waals surface area contributed by atoms with Crippen LogP contribution in [0.15, 0.2) is 0 Å². The topological polar surface area (TPSA) is 52.7 Å². The summed E-state index contributed by atoms with van der Waals surface area (Å²) in [5.41, 5.74) is -0.344. The van der Waals surface area contributed by atoms with Crippen LogP contribution in [0.3, 0.4) is 0 Å². The number of hydrogen-bond donors (Lipinski definition) is 1. The van der Waals surface area contributed by atoms with Gasteiger partial charge in [-0.3, -0.25) is 9.59 Å². The van der Waals surface area contributed by atoms with Gasteiger partial charge in [0.25, 0.3) is 0 Å². The number of nitrogens with zero attached hydrogens (tertiary/aromatic N) is 2. The highest BCUT2D eigenvalue weighted by molar-refractivity contribution is 5.82. The van der Waals surface area contributed by atoms with Crippen molar-refractivity contribution in [3.8, 4) is 0 Å². The second-order valence-corrected chi connectivity index (χ2v) is 8.91. The van der Waals surface area contributed by atoms with E-state index in [0.29, 0.717) is 19.0 Å². The summed E-state index contributed by atoms with van der Waals surface area (Å²) in [4.78, 5) is 29.0. The van der Waals surface area contributed by atoms with E-state index < -0.39 is 0 Å². The first-order valence-electron chi connectivity index (χ1n) is 9.25. The van der Waals surface area contributed by atoms with E-state index in [1.807, 2.05) is 39.8 Å². The fraction of sp³-hybridized carbons (Fsp3) is 0.895. The largest absolute Gasteiger partial charge is 0.352 e. The van der Waals surface area contributed by atoms with Gasteiger partial charge in [0.1, 0.15) is 0 Å². The van der Waals surface area contributed by atoms with E-state index in [1.165, 1.54) is 0 Å². The molecule has 2 amide bonds. The van der Waals surface area contributed by atoms with E-state index in [-0.39, 0.29) is 29.2 Å². The number of rotatable bonds is 6. The molecule has 0 saturated carbocycles. The fourth-order valence-electron chi connectivity index (χ4n) is 3.33. The highest BCUT2D eigenvalue weighted by Crippen LogP contribution is 2.24. The number of carbonyl (C=O) groups is 2. The summed E-state index contributed by atoms with van der Waals surface area (Å²) in [5, 5.41) is 3.24. The maximum atomic E-state index is 12.6. The van der Waals surface area contributed by atoms with Crippen molar-refractivity contribution >= 4 is 11.8 Å². The SMILES string of the molecule is CC(C)CC(CN(C)C)NC(=O)C1CCN(C(=O)C(C)(C)C)CC1. The third-order valence-electron chi connectivity index (χ3n) is 4.48. The van der Waals surface area contributed by atoms with E-state index in [9.17, 15) is 9.59 Å². The van der Waals surface area contributed by atoms with Crippen molar-refractivity contribution in [3.05, 3.63) is 0 Å². The molecule has 0 aromatic heterocycles. The summed E-state index contributed by atoms with van der Waals surface area (Å²) in [7, 11) is 4.08. The minimum atomic E-state index is -0.344. The molecule has 0 bridgehead atoms. The molecule has 5 heteroatoms. The predicted molar refractivity (Wildman–Crippen MR) is 98.7 cm³/mol. The number of amides is 2. The Morgan fingerprint density at radius 1 is 1.17 bits per heavy atom. The first-order chi connectivity index (χ1) is 11.0. The van der Waals surface area contributed by atoms with Crippen molar-refractivity contribution in [2.45, 2.75) is 59.9 Å². The molecule has 1 N–H and O–H groups in total. The summed E-state index contributed by atoms with van der Waals surface area (Å²) < 4.78 is 0. The van der Waals surface area contributed by atoms with Crippen molar-refractivity contribution in [3.63, 3.8) is 0 Å².